The zero-order valence-electron chi connectivity index (χ0n) is 23.1. The Balaban J connectivity index is 1.33. The highest BCUT2D eigenvalue weighted by Gasteiger charge is 2.51. The fraction of sp³-hybridized carbons (Fsp3) is 0.100. The van der Waals surface area contributed by atoms with Crippen molar-refractivity contribution < 1.29 is 4.74 Å². The third kappa shape index (κ3) is 2.76. The van der Waals surface area contributed by atoms with Crippen LogP contribution in [0.2, 0.25) is 0 Å². The van der Waals surface area contributed by atoms with Gasteiger partial charge in [-0.15, -0.1) is 0 Å². The van der Waals surface area contributed by atoms with Crippen molar-refractivity contribution in [2.75, 3.05) is 0 Å². The Hall–Kier alpha value is -4.88. The second kappa shape index (κ2) is 7.86. The van der Waals surface area contributed by atoms with Crippen LogP contribution in [-0.4, -0.2) is 0 Å². The van der Waals surface area contributed by atoms with Gasteiger partial charge in [-0.05, 0) is 62.2 Å². The quantitative estimate of drug-likeness (QED) is 0.208. The Labute approximate surface area is 240 Å². The van der Waals surface area contributed by atoms with Gasteiger partial charge in [0, 0.05) is 22.1 Å². The Morgan fingerprint density at radius 1 is 0.415 bits per heavy atom. The molecule has 3 aliphatic rings. The van der Waals surface area contributed by atoms with Gasteiger partial charge in [-0.1, -0.05) is 135 Å². The third-order valence-corrected chi connectivity index (χ3v) is 9.77. The first-order valence-electron chi connectivity index (χ1n) is 14.4. The topological polar surface area (TPSA) is 9.23 Å². The minimum Gasteiger partial charge on any atom is -0.456 e. The van der Waals surface area contributed by atoms with Crippen LogP contribution in [0.5, 0.6) is 11.5 Å². The molecule has 1 heterocycles. The van der Waals surface area contributed by atoms with Gasteiger partial charge in [0.25, 0.3) is 0 Å². The van der Waals surface area contributed by atoms with E-state index >= 15 is 0 Å². The van der Waals surface area contributed by atoms with Crippen LogP contribution in [-0.2, 0) is 10.8 Å². The van der Waals surface area contributed by atoms with Gasteiger partial charge in [0.05, 0.1) is 5.41 Å². The summed E-state index contributed by atoms with van der Waals surface area (Å²) in [5, 5.41) is 0. The summed E-state index contributed by atoms with van der Waals surface area (Å²) < 4.78 is 6.71. The highest BCUT2D eigenvalue weighted by molar-refractivity contribution is 5.96. The van der Waals surface area contributed by atoms with E-state index in [1.54, 1.807) is 0 Å². The maximum absolute atomic E-state index is 6.71. The smallest absolute Gasteiger partial charge is 0.139 e. The molecule has 0 unspecified atom stereocenters. The van der Waals surface area contributed by atoms with Gasteiger partial charge >= 0.3 is 0 Å². The van der Waals surface area contributed by atoms with E-state index in [9.17, 15) is 0 Å². The number of rotatable bonds is 1. The molecule has 2 aliphatic carbocycles. The molecule has 194 valence electrons. The molecule has 0 saturated heterocycles. The summed E-state index contributed by atoms with van der Waals surface area (Å²) in [5.74, 6) is 1.91. The molecule has 6 aromatic carbocycles. The van der Waals surface area contributed by atoms with Crippen LogP contribution in [0.15, 0.2) is 133 Å². The molecule has 0 atom stereocenters. The molecular formula is C40H28O. The van der Waals surface area contributed by atoms with Crippen molar-refractivity contribution in [3.8, 4) is 44.9 Å². The molecule has 1 spiro atoms. The van der Waals surface area contributed by atoms with Crippen molar-refractivity contribution >= 4 is 0 Å². The molecule has 0 bridgehead atoms. The molecule has 0 N–H and O–H groups in total. The number of fused-ring (bicyclic) bond motifs is 12. The summed E-state index contributed by atoms with van der Waals surface area (Å²) in [6.45, 7) is 4.61. The molecule has 1 aliphatic heterocycles. The van der Waals surface area contributed by atoms with Gasteiger partial charge in [0.2, 0.25) is 0 Å². The molecule has 0 amide bonds. The van der Waals surface area contributed by atoms with E-state index in [0.717, 1.165) is 17.1 Å². The van der Waals surface area contributed by atoms with Crippen LogP contribution in [0.4, 0.5) is 0 Å². The highest BCUT2D eigenvalue weighted by atomic mass is 16.5. The van der Waals surface area contributed by atoms with Crippen molar-refractivity contribution in [1.82, 2.24) is 0 Å². The minimum atomic E-state index is -0.351. The second-order valence-corrected chi connectivity index (χ2v) is 12.1. The van der Waals surface area contributed by atoms with Crippen molar-refractivity contribution in [3.05, 3.63) is 167 Å². The lowest BCUT2D eigenvalue weighted by Gasteiger charge is -2.35. The first-order valence-corrected chi connectivity index (χ1v) is 14.4. The van der Waals surface area contributed by atoms with E-state index in [0.29, 0.717) is 0 Å². The molecule has 41 heavy (non-hydrogen) atoms. The summed E-state index contributed by atoms with van der Waals surface area (Å²) in [4.78, 5) is 0. The predicted molar refractivity (Wildman–Crippen MR) is 167 cm³/mol. The summed E-state index contributed by atoms with van der Waals surface area (Å²) in [7, 11) is 0. The zero-order valence-corrected chi connectivity index (χ0v) is 23.1. The highest BCUT2D eigenvalue weighted by Crippen LogP contribution is 2.63. The molecular weight excluding hydrogens is 496 g/mol. The molecule has 0 aromatic heterocycles. The first-order chi connectivity index (χ1) is 20.1. The lowest BCUT2D eigenvalue weighted by molar-refractivity contribution is 0.419. The van der Waals surface area contributed by atoms with Crippen LogP contribution >= 0.6 is 0 Å². The Kier molecular flexibility index (Phi) is 4.39. The molecule has 9 rings (SSSR count). The third-order valence-electron chi connectivity index (χ3n) is 9.77. The maximum Gasteiger partial charge on any atom is 0.139 e. The number of para-hydroxylation sites is 2. The summed E-state index contributed by atoms with van der Waals surface area (Å²) in [6.07, 6.45) is 0. The molecule has 0 radical (unpaired) electrons. The van der Waals surface area contributed by atoms with Crippen molar-refractivity contribution in [3.63, 3.8) is 0 Å². The van der Waals surface area contributed by atoms with E-state index in [4.69, 9.17) is 4.74 Å². The Bertz CT molecular complexity index is 2000. The Morgan fingerprint density at radius 2 is 0.902 bits per heavy atom. The zero-order chi connectivity index (χ0) is 27.3. The summed E-state index contributed by atoms with van der Waals surface area (Å²) >= 11 is 0. The molecule has 0 fully saturated rings. The lowest BCUT2D eigenvalue weighted by atomic mass is 9.70. The largest absolute Gasteiger partial charge is 0.456 e. The number of benzene rings is 6. The first kappa shape index (κ1) is 22.9. The normalized spacial score (nSPS) is 15.7. The summed E-state index contributed by atoms with van der Waals surface area (Å²) in [6, 6.07) is 49.1. The average molecular weight is 525 g/mol. The van der Waals surface area contributed by atoms with Gasteiger partial charge in [-0.2, -0.15) is 0 Å². The maximum atomic E-state index is 6.71. The van der Waals surface area contributed by atoms with Crippen LogP contribution in [0.1, 0.15) is 47.2 Å². The van der Waals surface area contributed by atoms with E-state index in [1.165, 1.54) is 61.2 Å². The van der Waals surface area contributed by atoms with Crippen molar-refractivity contribution in [1.29, 1.82) is 0 Å². The van der Waals surface area contributed by atoms with Gasteiger partial charge < -0.3 is 4.74 Å². The van der Waals surface area contributed by atoms with Gasteiger partial charge in [0.15, 0.2) is 0 Å². The van der Waals surface area contributed by atoms with Crippen LogP contribution < -0.4 is 4.74 Å². The van der Waals surface area contributed by atoms with Crippen molar-refractivity contribution in [2.24, 2.45) is 0 Å². The monoisotopic (exact) mass is 524 g/mol. The van der Waals surface area contributed by atoms with E-state index in [2.05, 4.69) is 147 Å². The van der Waals surface area contributed by atoms with E-state index in [-0.39, 0.29) is 10.8 Å². The molecule has 6 aromatic rings. The van der Waals surface area contributed by atoms with Gasteiger partial charge in [-0.3, -0.25) is 0 Å². The average Bonchev–Trinajstić information content (AvgIpc) is 3.48. The fourth-order valence-electron chi connectivity index (χ4n) is 7.96. The van der Waals surface area contributed by atoms with Gasteiger partial charge in [-0.25, -0.2) is 0 Å². The molecule has 0 saturated carbocycles. The van der Waals surface area contributed by atoms with Crippen LogP contribution in [0.3, 0.4) is 0 Å². The number of ether oxygens (including phenoxy) is 1. The van der Waals surface area contributed by atoms with E-state index < -0.39 is 0 Å². The van der Waals surface area contributed by atoms with Gasteiger partial charge in [0.1, 0.15) is 11.5 Å². The second-order valence-electron chi connectivity index (χ2n) is 12.1. The number of hydrogen-bond donors (Lipinski definition) is 0. The molecule has 1 heteroatoms. The van der Waals surface area contributed by atoms with Crippen LogP contribution in [0.25, 0.3) is 33.4 Å². The van der Waals surface area contributed by atoms with Crippen LogP contribution in [0, 0.1) is 0 Å². The standard InChI is InChI=1S/C40H28O/c1-39(2)34-19-9-10-21-37(34)41-38-26(15-11-20-35(38)39)25-22-23-30-29-14-5-8-18-33(29)40(36(30)24-25)31-16-6-3-12-27(31)28-13-4-7-17-32(28)40/h3-24H,1-2H3. The predicted octanol–water partition coefficient (Wildman–Crippen LogP) is 10.1. The lowest BCUT2D eigenvalue weighted by Crippen LogP contribution is -2.26. The number of hydrogen-bond acceptors (Lipinski definition) is 1. The SMILES string of the molecule is CC1(C)c2ccccc2Oc2c(-c3ccc4c(c3)C3(c5ccccc5-c5ccccc53)c3ccccc3-4)cccc21. The van der Waals surface area contributed by atoms with E-state index in [1.807, 2.05) is 0 Å². The minimum absolute atomic E-state index is 0.155. The summed E-state index contributed by atoms with van der Waals surface area (Å²) in [5.41, 5.74) is 15.0. The van der Waals surface area contributed by atoms with Crippen molar-refractivity contribution in [2.45, 2.75) is 24.7 Å². The fourth-order valence-corrected chi connectivity index (χ4v) is 7.96. The molecule has 1 nitrogen and oxygen atoms in total. The Morgan fingerprint density at radius 3 is 1.54 bits per heavy atom.